The summed E-state index contributed by atoms with van der Waals surface area (Å²) in [5.41, 5.74) is 8.54. The minimum atomic E-state index is 0.767. The summed E-state index contributed by atoms with van der Waals surface area (Å²) in [6.07, 6.45) is 1.49. The van der Waals surface area contributed by atoms with E-state index < -0.39 is 0 Å². The van der Waals surface area contributed by atoms with Gasteiger partial charge in [-0.15, -0.1) is 0 Å². The standard InChI is InChI=1S/C9H10N4/c1-6-4-7(2-3-8(6)10)9-11-5-12-13-9/h2-5H,10H2,1H3,(H,11,12,13). The van der Waals surface area contributed by atoms with Gasteiger partial charge < -0.3 is 5.73 Å². The van der Waals surface area contributed by atoms with Gasteiger partial charge in [0.05, 0.1) is 0 Å². The molecule has 0 amide bonds. The zero-order chi connectivity index (χ0) is 9.26. The van der Waals surface area contributed by atoms with Crippen molar-refractivity contribution in [3.05, 3.63) is 30.1 Å². The van der Waals surface area contributed by atoms with Gasteiger partial charge in [0.2, 0.25) is 0 Å². The Morgan fingerprint density at radius 2 is 2.23 bits per heavy atom. The summed E-state index contributed by atoms with van der Waals surface area (Å²) in [5.74, 6) is 0.767. The lowest BCUT2D eigenvalue weighted by Crippen LogP contribution is -1.90. The Bertz CT molecular complexity index is 406. The molecule has 0 bridgehead atoms. The topological polar surface area (TPSA) is 67.6 Å². The number of nitrogens with one attached hydrogen (secondary N) is 1. The molecule has 4 heteroatoms. The Labute approximate surface area is 75.8 Å². The molecule has 0 aliphatic heterocycles. The zero-order valence-electron chi connectivity index (χ0n) is 7.28. The van der Waals surface area contributed by atoms with Crippen LogP contribution in [0.3, 0.4) is 0 Å². The van der Waals surface area contributed by atoms with Crippen molar-refractivity contribution < 1.29 is 0 Å². The van der Waals surface area contributed by atoms with Crippen LogP contribution < -0.4 is 5.73 Å². The molecule has 4 nitrogen and oxygen atoms in total. The van der Waals surface area contributed by atoms with Gasteiger partial charge in [0.25, 0.3) is 0 Å². The molecule has 2 aromatic rings. The van der Waals surface area contributed by atoms with E-state index in [1.165, 1.54) is 6.33 Å². The van der Waals surface area contributed by atoms with E-state index in [1.54, 1.807) is 0 Å². The fraction of sp³-hybridized carbons (Fsp3) is 0.111. The number of hydrogen-bond donors (Lipinski definition) is 2. The average molecular weight is 174 g/mol. The molecule has 0 aliphatic carbocycles. The third-order valence-corrected chi connectivity index (χ3v) is 1.96. The molecule has 0 saturated carbocycles. The lowest BCUT2D eigenvalue weighted by atomic mass is 10.1. The molecule has 0 saturated heterocycles. The number of aromatic nitrogens is 3. The molecule has 0 atom stereocenters. The Kier molecular flexibility index (Phi) is 1.73. The maximum absolute atomic E-state index is 5.70. The van der Waals surface area contributed by atoms with E-state index in [0.29, 0.717) is 0 Å². The van der Waals surface area contributed by atoms with Crippen LogP contribution in [0.15, 0.2) is 24.5 Å². The first kappa shape index (κ1) is 7.79. The summed E-state index contributed by atoms with van der Waals surface area (Å²) in [6, 6.07) is 5.77. The van der Waals surface area contributed by atoms with E-state index >= 15 is 0 Å². The first-order valence-electron chi connectivity index (χ1n) is 3.99. The minimum Gasteiger partial charge on any atom is -0.399 e. The summed E-state index contributed by atoms with van der Waals surface area (Å²) in [6.45, 7) is 1.97. The predicted molar refractivity (Wildman–Crippen MR) is 51.0 cm³/mol. The van der Waals surface area contributed by atoms with Crippen molar-refractivity contribution in [2.45, 2.75) is 6.92 Å². The van der Waals surface area contributed by atoms with Gasteiger partial charge in [0, 0.05) is 11.3 Å². The van der Waals surface area contributed by atoms with Crippen LogP contribution in [0.5, 0.6) is 0 Å². The fourth-order valence-electron chi connectivity index (χ4n) is 1.17. The lowest BCUT2D eigenvalue weighted by molar-refractivity contribution is 1.09. The van der Waals surface area contributed by atoms with Crippen LogP contribution in [0.4, 0.5) is 5.69 Å². The highest BCUT2D eigenvalue weighted by molar-refractivity contribution is 5.61. The largest absolute Gasteiger partial charge is 0.399 e. The number of aryl methyl sites for hydroxylation is 1. The van der Waals surface area contributed by atoms with E-state index in [1.807, 2.05) is 25.1 Å². The monoisotopic (exact) mass is 174 g/mol. The van der Waals surface area contributed by atoms with Crippen LogP contribution in [0.1, 0.15) is 5.56 Å². The van der Waals surface area contributed by atoms with Gasteiger partial charge in [-0.2, -0.15) is 5.10 Å². The molecule has 0 radical (unpaired) electrons. The van der Waals surface area contributed by atoms with Crippen molar-refractivity contribution in [2.75, 3.05) is 5.73 Å². The van der Waals surface area contributed by atoms with Crippen LogP contribution in [0.2, 0.25) is 0 Å². The molecule has 2 rings (SSSR count). The van der Waals surface area contributed by atoms with E-state index in [-0.39, 0.29) is 0 Å². The second kappa shape index (κ2) is 2.90. The number of nitrogens with zero attached hydrogens (tertiary/aromatic N) is 2. The third kappa shape index (κ3) is 1.38. The minimum absolute atomic E-state index is 0.767. The van der Waals surface area contributed by atoms with Crippen LogP contribution in [0.25, 0.3) is 11.4 Å². The number of aromatic amines is 1. The Morgan fingerprint density at radius 3 is 2.85 bits per heavy atom. The number of hydrogen-bond acceptors (Lipinski definition) is 3. The summed E-state index contributed by atoms with van der Waals surface area (Å²) < 4.78 is 0. The first-order chi connectivity index (χ1) is 6.27. The normalized spacial score (nSPS) is 10.2. The van der Waals surface area contributed by atoms with Crippen molar-refractivity contribution in [1.82, 2.24) is 15.2 Å². The van der Waals surface area contributed by atoms with E-state index in [2.05, 4.69) is 15.2 Å². The molecular formula is C9H10N4. The van der Waals surface area contributed by atoms with Gasteiger partial charge >= 0.3 is 0 Å². The average Bonchev–Trinajstić information content (AvgIpc) is 2.62. The first-order valence-corrected chi connectivity index (χ1v) is 3.99. The van der Waals surface area contributed by atoms with Crippen LogP contribution >= 0.6 is 0 Å². The SMILES string of the molecule is Cc1cc(-c2ncn[nH]2)ccc1N. The Morgan fingerprint density at radius 1 is 1.38 bits per heavy atom. The number of nitrogen functional groups attached to an aromatic ring is 1. The van der Waals surface area contributed by atoms with Crippen LogP contribution in [0, 0.1) is 6.92 Å². The van der Waals surface area contributed by atoms with Gasteiger partial charge in [0.1, 0.15) is 6.33 Å². The van der Waals surface area contributed by atoms with Crippen LogP contribution in [-0.4, -0.2) is 15.2 Å². The molecular weight excluding hydrogens is 164 g/mol. The number of H-pyrrole nitrogens is 1. The molecule has 0 spiro atoms. The van der Waals surface area contributed by atoms with E-state index in [4.69, 9.17) is 5.73 Å². The smallest absolute Gasteiger partial charge is 0.155 e. The third-order valence-electron chi connectivity index (χ3n) is 1.96. The highest BCUT2D eigenvalue weighted by atomic mass is 15.2. The maximum Gasteiger partial charge on any atom is 0.155 e. The quantitative estimate of drug-likeness (QED) is 0.641. The highest BCUT2D eigenvalue weighted by Crippen LogP contribution is 2.19. The number of nitrogens with two attached hydrogens (primary N) is 1. The van der Waals surface area contributed by atoms with Gasteiger partial charge in [-0.1, -0.05) is 0 Å². The van der Waals surface area contributed by atoms with Crippen molar-refractivity contribution in [3.63, 3.8) is 0 Å². The molecule has 1 heterocycles. The lowest BCUT2D eigenvalue weighted by Gasteiger charge is -2.01. The van der Waals surface area contributed by atoms with E-state index in [0.717, 1.165) is 22.6 Å². The molecule has 0 fully saturated rings. The van der Waals surface area contributed by atoms with Crippen molar-refractivity contribution in [1.29, 1.82) is 0 Å². The molecule has 0 aliphatic rings. The molecule has 1 aromatic heterocycles. The Balaban J connectivity index is 2.49. The second-order valence-corrected chi connectivity index (χ2v) is 2.91. The van der Waals surface area contributed by atoms with Gasteiger partial charge in [-0.25, -0.2) is 4.98 Å². The molecule has 66 valence electrons. The van der Waals surface area contributed by atoms with Crippen LogP contribution in [-0.2, 0) is 0 Å². The number of benzene rings is 1. The van der Waals surface area contributed by atoms with Crippen molar-refractivity contribution >= 4 is 5.69 Å². The van der Waals surface area contributed by atoms with Gasteiger partial charge in [-0.3, -0.25) is 5.10 Å². The summed E-state index contributed by atoms with van der Waals surface area (Å²) in [5, 5.41) is 6.58. The number of anilines is 1. The number of rotatable bonds is 1. The molecule has 3 N–H and O–H groups in total. The summed E-state index contributed by atoms with van der Waals surface area (Å²) in [4.78, 5) is 4.05. The van der Waals surface area contributed by atoms with Crippen molar-refractivity contribution in [3.8, 4) is 11.4 Å². The summed E-state index contributed by atoms with van der Waals surface area (Å²) in [7, 11) is 0. The zero-order valence-corrected chi connectivity index (χ0v) is 7.28. The second-order valence-electron chi connectivity index (χ2n) is 2.91. The highest BCUT2D eigenvalue weighted by Gasteiger charge is 2.01. The molecule has 0 unspecified atom stereocenters. The van der Waals surface area contributed by atoms with Crippen molar-refractivity contribution in [2.24, 2.45) is 0 Å². The Hall–Kier alpha value is -1.84. The summed E-state index contributed by atoms with van der Waals surface area (Å²) >= 11 is 0. The van der Waals surface area contributed by atoms with Gasteiger partial charge in [0.15, 0.2) is 5.82 Å². The molecule has 13 heavy (non-hydrogen) atoms. The fourth-order valence-corrected chi connectivity index (χ4v) is 1.17. The predicted octanol–water partition coefficient (Wildman–Crippen LogP) is 1.36. The molecule has 1 aromatic carbocycles. The maximum atomic E-state index is 5.70. The van der Waals surface area contributed by atoms with Gasteiger partial charge in [-0.05, 0) is 30.7 Å². The van der Waals surface area contributed by atoms with E-state index in [9.17, 15) is 0 Å².